The number of nitrogens with zero attached hydrogens (tertiary/aromatic N) is 2. The van der Waals surface area contributed by atoms with Crippen molar-refractivity contribution in [3.8, 4) is 0 Å². The molecule has 0 spiro atoms. The van der Waals surface area contributed by atoms with E-state index in [0.29, 0.717) is 4.80 Å². The number of hydrogen-bond acceptors (Lipinski definition) is 6. The van der Waals surface area contributed by atoms with Gasteiger partial charge < -0.3 is 9.30 Å². The predicted octanol–water partition coefficient (Wildman–Crippen LogP) is 3.03. The molecule has 7 nitrogen and oxygen atoms in total. The summed E-state index contributed by atoms with van der Waals surface area (Å²) in [7, 11) is -3.35. The predicted molar refractivity (Wildman–Crippen MR) is 115 cm³/mol. The number of sulfone groups is 1. The number of aromatic nitrogens is 1. The van der Waals surface area contributed by atoms with Gasteiger partial charge in [-0.1, -0.05) is 11.3 Å². The standard InChI is InChI=1S/C21H22N2O5S2/c1-5-28-19(24)12-23-17-10-13(2)14(3)11-18(17)29-21(23)22-20(25)15-6-8-16(9-7-15)30(4,26)27/h6-11H,5,12H2,1-4H3. The summed E-state index contributed by atoms with van der Waals surface area (Å²) in [5.41, 5.74) is 3.22. The number of rotatable bonds is 5. The highest BCUT2D eigenvalue weighted by atomic mass is 32.2. The number of ether oxygens (including phenoxy) is 1. The number of amides is 1. The van der Waals surface area contributed by atoms with Crippen molar-refractivity contribution in [2.75, 3.05) is 12.9 Å². The number of aryl methyl sites for hydroxylation is 2. The van der Waals surface area contributed by atoms with Crippen molar-refractivity contribution in [3.63, 3.8) is 0 Å². The van der Waals surface area contributed by atoms with Crippen LogP contribution in [-0.4, -0.2) is 37.7 Å². The lowest BCUT2D eigenvalue weighted by atomic mass is 10.1. The van der Waals surface area contributed by atoms with Crippen molar-refractivity contribution in [2.24, 2.45) is 4.99 Å². The van der Waals surface area contributed by atoms with Crippen LogP contribution in [-0.2, 0) is 25.9 Å². The van der Waals surface area contributed by atoms with E-state index in [2.05, 4.69) is 4.99 Å². The normalized spacial score (nSPS) is 12.3. The van der Waals surface area contributed by atoms with Gasteiger partial charge >= 0.3 is 5.97 Å². The van der Waals surface area contributed by atoms with Crippen LogP contribution >= 0.6 is 11.3 Å². The molecule has 0 bridgehead atoms. The Hall–Kier alpha value is -2.78. The first-order valence-corrected chi connectivity index (χ1v) is 12.0. The first-order chi connectivity index (χ1) is 14.1. The SMILES string of the molecule is CCOC(=O)Cn1c(=NC(=O)c2ccc(S(C)(=O)=O)cc2)sc2cc(C)c(C)cc21. The van der Waals surface area contributed by atoms with Crippen molar-refractivity contribution in [1.82, 2.24) is 4.57 Å². The molecule has 0 radical (unpaired) electrons. The minimum absolute atomic E-state index is 0.0600. The molecule has 0 atom stereocenters. The Bertz CT molecular complexity index is 1300. The molecule has 158 valence electrons. The highest BCUT2D eigenvalue weighted by Crippen LogP contribution is 2.22. The number of fused-ring (bicyclic) bond motifs is 1. The number of carbonyl (C=O) groups is 2. The molecule has 1 amide bonds. The Balaban J connectivity index is 2.10. The lowest BCUT2D eigenvalue weighted by Gasteiger charge is -2.06. The highest BCUT2D eigenvalue weighted by molar-refractivity contribution is 7.90. The van der Waals surface area contributed by atoms with Crippen LogP contribution < -0.4 is 4.80 Å². The number of hydrogen-bond donors (Lipinski definition) is 0. The van der Waals surface area contributed by atoms with E-state index in [0.717, 1.165) is 27.6 Å². The van der Waals surface area contributed by atoms with E-state index in [1.165, 1.54) is 35.6 Å². The molecule has 0 unspecified atom stereocenters. The maximum Gasteiger partial charge on any atom is 0.326 e. The van der Waals surface area contributed by atoms with Crippen molar-refractivity contribution in [3.05, 3.63) is 57.9 Å². The molecule has 9 heteroatoms. The smallest absolute Gasteiger partial charge is 0.326 e. The second kappa shape index (κ2) is 8.53. The molecule has 2 aromatic carbocycles. The lowest BCUT2D eigenvalue weighted by Crippen LogP contribution is -2.23. The summed E-state index contributed by atoms with van der Waals surface area (Å²) in [6.45, 7) is 5.91. The van der Waals surface area contributed by atoms with Crippen molar-refractivity contribution >= 4 is 43.3 Å². The molecule has 0 saturated carbocycles. The van der Waals surface area contributed by atoms with Gasteiger partial charge in [0.15, 0.2) is 14.6 Å². The maximum absolute atomic E-state index is 12.7. The van der Waals surface area contributed by atoms with Crippen molar-refractivity contribution in [1.29, 1.82) is 0 Å². The molecule has 0 N–H and O–H groups in total. The molecule has 30 heavy (non-hydrogen) atoms. The van der Waals surface area contributed by atoms with Gasteiger partial charge in [0, 0.05) is 11.8 Å². The summed E-state index contributed by atoms with van der Waals surface area (Å²) in [6.07, 6.45) is 1.10. The van der Waals surface area contributed by atoms with Gasteiger partial charge in [0.1, 0.15) is 6.54 Å². The molecular weight excluding hydrogens is 424 g/mol. The van der Waals surface area contributed by atoms with Crippen LogP contribution in [0.5, 0.6) is 0 Å². The minimum atomic E-state index is -3.35. The monoisotopic (exact) mass is 446 g/mol. The quantitative estimate of drug-likeness (QED) is 0.562. The second-order valence-corrected chi connectivity index (χ2v) is 9.92. The molecule has 3 rings (SSSR count). The van der Waals surface area contributed by atoms with E-state index in [1.54, 1.807) is 11.5 Å². The average molecular weight is 447 g/mol. The van der Waals surface area contributed by atoms with Crippen molar-refractivity contribution < 1.29 is 22.7 Å². The Kier molecular flexibility index (Phi) is 6.23. The van der Waals surface area contributed by atoms with Crippen LogP contribution in [0.3, 0.4) is 0 Å². The molecule has 0 aliphatic carbocycles. The lowest BCUT2D eigenvalue weighted by molar-refractivity contribution is -0.143. The molecule has 1 aromatic heterocycles. The third-order valence-corrected chi connectivity index (χ3v) is 6.79. The van der Waals surface area contributed by atoms with Crippen LogP contribution in [0, 0.1) is 13.8 Å². The van der Waals surface area contributed by atoms with Gasteiger partial charge in [-0.3, -0.25) is 9.59 Å². The van der Waals surface area contributed by atoms with Crippen LogP contribution in [0.1, 0.15) is 28.4 Å². The van der Waals surface area contributed by atoms with Gasteiger partial charge in [-0.15, -0.1) is 0 Å². The van der Waals surface area contributed by atoms with Crippen LogP contribution in [0.25, 0.3) is 10.2 Å². The summed E-state index contributed by atoms with van der Waals surface area (Å²) in [5.74, 6) is -0.936. The van der Waals surface area contributed by atoms with Gasteiger partial charge in [-0.2, -0.15) is 4.99 Å². The van der Waals surface area contributed by atoms with Gasteiger partial charge in [0.2, 0.25) is 0 Å². The van der Waals surface area contributed by atoms with Crippen LogP contribution in [0.2, 0.25) is 0 Å². The zero-order valence-corrected chi connectivity index (χ0v) is 18.8. The molecule has 0 aliphatic heterocycles. The van der Waals surface area contributed by atoms with Gasteiger partial charge in [0.05, 0.1) is 21.7 Å². The second-order valence-electron chi connectivity index (χ2n) is 6.89. The first-order valence-electron chi connectivity index (χ1n) is 9.25. The largest absolute Gasteiger partial charge is 0.465 e. The molecule has 0 saturated heterocycles. The number of carbonyl (C=O) groups excluding carboxylic acids is 2. The van der Waals surface area contributed by atoms with E-state index in [-0.39, 0.29) is 23.6 Å². The number of thiazole rings is 1. The average Bonchev–Trinajstić information content (AvgIpc) is 2.98. The highest BCUT2D eigenvalue weighted by Gasteiger charge is 2.14. The van der Waals surface area contributed by atoms with Gasteiger partial charge in [-0.05, 0) is 68.3 Å². The molecule has 3 aromatic rings. The minimum Gasteiger partial charge on any atom is -0.465 e. The summed E-state index contributed by atoms with van der Waals surface area (Å²) in [6, 6.07) is 9.58. The summed E-state index contributed by atoms with van der Waals surface area (Å²) in [5, 5.41) is 0. The fourth-order valence-corrected chi connectivity index (χ4v) is 4.63. The number of benzene rings is 2. The van der Waals surface area contributed by atoms with E-state index >= 15 is 0 Å². The Morgan fingerprint density at radius 1 is 1.10 bits per heavy atom. The number of esters is 1. The van der Waals surface area contributed by atoms with E-state index in [4.69, 9.17) is 4.74 Å². The van der Waals surface area contributed by atoms with Crippen LogP contribution in [0.4, 0.5) is 0 Å². The molecule has 0 fully saturated rings. The summed E-state index contributed by atoms with van der Waals surface area (Å²) >= 11 is 1.31. The van der Waals surface area contributed by atoms with E-state index in [9.17, 15) is 18.0 Å². The molecule has 1 heterocycles. The zero-order valence-electron chi connectivity index (χ0n) is 17.1. The van der Waals surface area contributed by atoms with Gasteiger partial charge in [0.25, 0.3) is 5.91 Å². The molecular formula is C21H22N2O5S2. The topological polar surface area (TPSA) is 94.8 Å². The summed E-state index contributed by atoms with van der Waals surface area (Å²) < 4.78 is 30.9. The maximum atomic E-state index is 12.7. The summed E-state index contributed by atoms with van der Waals surface area (Å²) in [4.78, 5) is 29.6. The third kappa shape index (κ3) is 4.68. The fourth-order valence-electron chi connectivity index (χ4n) is 2.89. The fraction of sp³-hybridized carbons (Fsp3) is 0.286. The van der Waals surface area contributed by atoms with E-state index < -0.39 is 21.7 Å². The Morgan fingerprint density at radius 3 is 2.33 bits per heavy atom. The Morgan fingerprint density at radius 2 is 1.73 bits per heavy atom. The van der Waals surface area contributed by atoms with E-state index in [1.807, 2.05) is 26.0 Å². The van der Waals surface area contributed by atoms with Gasteiger partial charge in [-0.25, -0.2) is 8.42 Å². The van der Waals surface area contributed by atoms with Crippen molar-refractivity contribution in [2.45, 2.75) is 32.2 Å². The Labute approximate surface area is 178 Å². The molecule has 0 aliphatic rings. The zero-order chi connectivity index (χ0) is 22.1. The third-order valence-electron chi connectivity index (χ3n) is 4.62. The van der Waals surface area contributed by atoms with Crippen LogP contribution in [0.15, 0.2) is 46.3 Å². The first kappa shape index (κ1) is 21.9.